The van der Waals surface area contributed by atoms with Gasteiger partial charge in [-0.25, -0.2) is 0 Å². The van der Waals surface area contributed by atoms with Gasteiger partial charge in [-0.2, -0.15) is 0 Å². The van der Waals surface area contributed by atoms with Crippen molar-refractivity contribution in [3.05, 3.63) is 0 Å². The van der Waals surface area contributed by atoms with Gasteiger partial charge in [0.2, 0.25) is 0 Å². The molecule has 0 amide bonds. The van der Waals surface area contributed by atoms with Crippen LogP contribution in [0.4, 0.5) is 0 Å². The van der Waals surface area contributed by atoms with Crippen LogP contribution in [-0.4, -0.2) is 26.8 Å². The van der Waals surface area contributed by atoms with E-state index in [2.05, 4.69) is 19.3 Å². The molecular formula is C15H31NO. The van der Waals surface area contributed by atoms with Crippen LogP contribution >= 0.6 is 0 Å². The molecule has 0 bridgehead atoms. The summed E-state index contributed by atoms with van der Waals surface area (Å²) in [4.78, 5) is 0. The van der Waals surface area contributed by atoms with E-state index in [1.165, 1.54) is 64.3 Å². The van der Waals surface area contributed by atoms with Crippen LogP contribution in [0.1, 0.15) is 64.7 Å². The van der Waals surface area contributed by atoms with Crippen molar-refractivity contribution in [2.75, 3.05) is 26.8 Å². The van der Waals surface area contributed by atoms with Gasteiger partial charge in [-0.3, -0.25) is 0 Å². The van der Waals surface area contributed by atoms with Crippen LogP contribution in [-0.2, 0) is 4.74 Å². The zero-order valence-electron chi connectivity index (χ0n) is 11.9. The summed E-state index contributed by atoms with van der Waals surface area (Å²) < 4.78 is 5.50. The molecule has 2 nitrogen and oxygen atoms in total. The minimum atomic E-state index is 0.539. The summed E-state index contributed by atoms with van der Waals surface area (Å²) in [5.74, 6) is 0. The summed E-state index contributed by atoms with van der Waals surface area (Å²) >= 11 is 0. The van der Waals surface area contributed by atoms with E-state index in [0.717, 1.165) is 13.2 Å². The molecule has 102 valence electrons. The van der Waals surface area contributed by atoms with Gasteiger partial charge < -0.3 is 10.1 Å². The maximum absolute atomic E-state index is 5.50. The number of rotatable bonds is 9. The van der Waals surface area contributed by atoms with Crippen LogP contribution in [0, 0.1) is 5.41 Å². The molecule has 0 aromatic rings. The Morgan fingerprint density at radius 2 is 1.65 bits per heavy atom. The summed E-state index contributed by atoms with van der Waals surface area (Å²) in [7, 11) is 2.08. The van der Waals surface area contributed by atoms with Crippen LogP contribution in [0.25, 0.3) is 0 Å². The Hall–Kier alpha value is -0.0800. The normalized spacial score (nSPS) is 19.4. The van der Waals surface area contributed by atoms with Gasteiger partial charge in [-0.05, 0) is 31.7 Å². The molecule has 0 unspecified atom stereocenters. The fourth-order valence-electron chi connectivity index (χ4n) is 2.97. The lowest BCUT2D eigenvalue weighted by Gasteiger charge is -2.37. The maximum Gasteiger partial charge on any atom is 0.0471 e. The van der Waals surface area contributed by atoms with Gasteiger partial charge in [-0.15, -0.1) is 0 Å². The van der Waals surface area contributed by atoms with Gasteiger partial charge >= 0.3 is 0 Å². The van der Waals surface area contributed by atoms with Crippen molar-refractivity contribution in [1.29, 1.82) is 0 Å². The third kappa shape index (κ3) is 5.87. The Labute approximate surface area is 108 Å². The van der Waals surface area contributed by atoms with E-state index in [1.807, 2.05) is 0 Å². The molecule has 0 aliphatic carbocycles. The van der Waals surface area contributed by atoms with Crippen molar-refractivity contribution < 1.29 is 4.74 Å². The molecule has 1 aliphatic rings. The summed E-state index contributed by atoms with van der Waals surface area (Å²) in [5, 5.41) is 3.38. The van der Waals surface area contributed by atoms with Crippen molar-refractivity contribution in [1.82, 2.24) is 5.32 Å². The van der Waals surface area contributed by atoms with E-state index in [9.17, 15) is 0 Å². The number of hydrogen-bond donors (Lipinski definition) is 1. The minimum absolute atomic E-state index is 0.539. The van der Waals surface area contributed by atoms with Gasteiger partial charge in [0.1, 0.15) is 0 Å². The molecule has 1 saturated heterocycles. The Morgan fingerprint density at radius 3 is 2.29 bits per heavy atom. The van der Waals surface area contributed by atoms with E-state index in [4.69, 9.17) is 4.74 Å². The predicted molar refractivity (Wildman–Crippen MR) is 74.4 cm³/mol. The second kappa shape index (κ2) is 8.93. The van der Waals surface area contributed by atoms with Crippen molar-refractivity contribution >= 4 is 0 Å². The molecule has 17 heavy (non-hydrogen) atoms. The quantitative estimate of drug-likeness (QED) is 0.621. The molecule has 1 aliphatic heterocycles. The highest BCUT2D eigenvalue weighted by molar-refractivity contribution is 4.83. The van der Waals surface area contributed by atoms with Crippen LogP contribution in [0.3, 0.4) is 0 Å². The van der Waals surface area contributed by atoms with Gasteiger partial charge in [0.05, 0.1) is 0 Å². The number of nitrogens with one attached hydrogen (secondary N) is 1. The highest BCUT2D eigenvalue weighted by Crippen LogP contribution is 2.35. The number of ether oxygens (including phenoxy) is 1. The monoisotopic (exact) mass is 241 g/mol. The van der Waals surface area contributed by atoms with E-state index in [0.29, 0.717) is 5.41 Å². The van der Waals surface area contributed by atoms with Crippen molar-refractivity contribution in [2.45, 2.75) is 64.7 Å². The second-order valence-electron chi connectivity index (χ2n) is 5.66. The van der Waals surface area contributed by atoms with Crippen LogP contribution in [0.15, 0.2) is 0 Å². The third-order valence-corrected chi connectivity index (χ3v) is 4.17. The molecule has 1 fully saturated rings. The van der Waals surface area contributed by atoms with E-state index < -0.39 is 0 Å². The zero-order valence-corrected chi connectivity index (χ0v) is 11.9. The molecule has 1 N–H and O–H groups in total. The van der Waals surface area contributed by atoms with Gasteiger partial charge in [0.15, 0.2) is 0 Å². The molecule has 0 aromatic heterocycles. The van der Waals surface area contributed by atoms with E-state index in [1.54, 1.807) is 0 Å². The topological polar surface area (TPSA) is 21.3 Å². The lowest BCUT2D eigenvalue weighted by molar-refractivity contribution is 0.0100. The third-order valence-electron chi connectivity index (χ3n) is 4.17. The second-order valence-corrected chi connectivity index (χ2v) is 5.66. The molecule has 0 radical (unpaired) electrons. The molecule has 0 aromatic carbocycles. The van der Waals surface area contributed by atoms with Crippen LogP contribution in [0.2, 0.25) is 0 Å². The molecule has 1 heterocycles. The summed E-state index contributed by atoms with van der Waals surface area (Å²) in [5.41, 5.74) is 0.539. The SMILES string of the molecule is CCCCCCCCC1(CNC)CCOCC1. The fourth-order valence-corrected chi connectivity index (χ4v) is 2.97. The Kier molecular flexibility index (Phi) is 7.87. The first kappa shape index (κ1) is 15.0. The highest BCUT2D eigenvalue weighted by atomic mass is 16.5. The average Bonchev–Trinajstić information content (AvgIpc) is 2.35. The largest absolute Gasteiger partial charge is 0.381 e. The van der Waals surface area contributed by atoms with E-state index >= 15 is 0 Å². The first-order chi connectivity index (χ1) is 8.33. The lowest BCUT2D eigenvalue weighted by Crippen LogP contribution is -2.38. The Morgan fingerprint density at radius 1 is 1.00 bits per heavy atom. The molecule has 1 rings (SSSR count). The minimum Gasteiger partial charge on any atom is -0.381 e. The van der Waals surface area contributed by atoms with E-state index in [-0.39, 0.29) is 0 Å². The standard InChI is InChI=1S/C15H31NO/c1-3-4-5-6-7-8-9-15(14-16-2)10-12-17-13-11-15/h16H,3-14H2,1-2H3. The molecule has 0 atom stereocenters. The van der Waals surface area contributed by atoms with Crippen molar-refractivity contribution in [3.63, 3.8) is 0 Å². The average molecular weight is 241 g/mol. The molecule has 0 saturated carbocycles. The summed E-state index contributed by atoms with van der Waals surface area (Å²) in [6, 6.07) is 0. The Bertz CT molecular complexity index is 170. The van der Waals surface area contributed by atoms with Gasteiger partial charge in [0.25, 0.3) is 0 Å². The van der Waals surface area contributed by atoms with Crippen molar-refractivity contribution in [2.24, 2.45) is 5.41 Å². The first-order valence-corrected chi connectivity index (χ1v) is 7.55. The Balaban J connectivity index is 2.15. The van der Waals surface area contributed by atoms with Crippen molar-refractivity contribution in [3.8, 4) is 0 Å². The fraction of sp³-hybridized carbons (Fsp3) is 1.00. The summed E-state index contributed by atoms with van der Waals surface area (Å²) in [6.07, 6.45) is 12.3. The number of hydrogen-bond acceptors (Lipinski definition) is 2. The lowest BCUT2D eigenvalue weighted by atomic mass is 9.76. The smallest absolute Gasteiger partial charge is 0.0471 e. The number of unbranched alkanes of at least 4 members (excludes halogenated alkanes) is 5. The highest BCUT2D eigenvalue weighted by Gasteiger charge is 2.30. The molecular weight excluding hydrogens is 210 g/mol. The summed E-state index contributed by atoms with van der Waals surface area (Å²) in [6.45, 7) is 5.39. The predicted octanol–water partition coefficient (Wildman–Crippen LogP) is 3.75. The van der Waals surface area contributed by atoms with Gasteiger partial charge in [-0.1, -0.05) is 45.4 Å². The van der Waals surface area contributed by atoms with Crippen LogP contribution in [0.5, 0.6) is 0 Å². The molecule has 2 heteroatoms. The molecule has 0 spiro atoms. The zero-order chi connectivity index (χ0) is 12.4. The maximum atomic E-state index is 5.50. The van der Waals surface area contributed by atoms with Gasteiger partial charge in [0, 0.05) is 19.8 Å². The van der Waals surface area contributed by atoms with Crippen LogP contribution < -0.4 is 5.32 Å². The first-order valence-electron chi connectivity index (χ1n) is 7.55.